The van der Waals surface area contributed by atoms with E-state index in [-0.39, 0.29) is 7.43 Å². The lowest BCUT2D eigenvalue weighted by atomic mass is 10.0. The Labute approximate surface area is 298 Å². The van der Waals surface area contributed by atoms with Gasteiger partial charge < -0.3 is 9.13 Å². The molecule has 0 fully saturated rings. The highest BCUT2D eigenvalue weighted by atomic mass is 15.0. The largest absolute Gasteiger partial charge is 0.309 e. The highest BCUT2D eigenvalue weighted by Gasteiger charge is 2.16. The summed E-state index contributed by atoms with van der Waals surface area (Å²) < 4.78 is 4.80. The number of hydrogen-bond donors (Lipinski definition) is 0. The van der Waals surface area contributed by atoms with Crippen LogP contribution in [0.4, 0.5) is 0 Å². The average molecular weight is 653 g/mol. The van der Waals surface area contributed by atoms with Crippen LogP contribution in [0.3, 0.4) is 0 Å². The van der Waals surface area contributed by atoms with Crippen LogP contribution in [0.15, 0.2) is 194 Å². The number of hydrogen-bond acceptors (Lipinski definition) is 0. The van der Waals surface area contributed by atoms with Crippen molar-refractivity contribution in [3.63, 3.8) is 0 Å². The first-order valence-corrected chi connectivity index (χ1v) is 17.2. The van der Waals surface area contributed by atoms with Crippen molar-refractivity contribution in [1.82, 2.24) is 9.13 Å². The van der Waals surface area contributed by atoms with Crippen molar-refractivity contribution in [3.05, 3.63) is 194 Å². The molecule has 2 aromatic heterocycles. The molecule has 10 rings (SSSR count). The molecule has 0 bridgehead atoms. The molecule has 10 aromatic rings. The molecule has 242 valence electrons. The maximum Gasteiger partial charge on any atom is 0.0541 e. The first-order chi connectivity index (χ1) is 24.8. The molecule has 2 heterocycles. The Bertz CT molecular complexity index is 2840. The highest BCUT2D eigenvalue weighted by molar-refractivity contribution is 6.12. The summed E-state index contributed by atoms with van der Waals surface area (Å²) in [6.45, 7) is 0. The van der Waals surface area contributed by atoms with E-state index in [1.807, 2.05) is 0 Å². The van der Waals surface area contributed by atoms with Crippen molar-refractivity contribution in [3.8, 4) is 44.8 Å². The van der Waals surface area contributed by atoms with Crippen LogP contribution in [0, 0.1) is 0 Å². The first kappa shape index (κ1) is 30.4. The van der Waals surface area contributed by atoms with Gasteiger partial charge in [-0.1, -0.05) is 141 Å². The van der Waals surface area contributed by atoms with E-state index in [1.54, 1.807) is 0 Å². The van der Waals surface area contributed by atoms with Gasteiger partial charge in [0.1, 0.15) is 0 Å². The van der Waals surface area contributed by atoms with Crippen LogP contribution >= 0.6 is 0 Å². The summed E-state index contributed by atoms with van der Waals surface area (Å²) in [6, 6.07) is 70.4. The SMILES string of the molecule is C.c1ccc(-c2ccc(-n3c4ccccc4c4cc(-c5ccc6c(c5)c5ccccc5n6-c5cccc(-c6ccccc6)c5)ccc43)cc2)cc1. The Morgan fingerprint density at radius 1 is 0.235 bits per heavy atom. The topological polar surface area (TPSA) is 9.86 Å². The molecule has 2 nitrogen and oxygen atoms in total. The van der Waals surface area contributed by atoms with Crippen LogP contribution in [-0.4, -0.2) is 9.13 Å². The minimum Gasteiger partial charge on any atom is -0.309 e. The number of para-hydroxylation sites is 2. The average Bonchev–Trinajstić information content (AvgIpc) is 3.71. The van der Waals surface area contributed by atoms with Crippen LogP contribution in [-0.2, 0) is 0 Å². The van der Waals surface area contributed by atoms with Gasteiger partial charge in [0.15, 0.2) is 0 Å². The van der Waals surface area contributed by atoms with Crippen molar-refractivity contribution in [2.45, 2.75) is 7.43 Å². The third kappa shape index (κ3) is 5.04. The summed E-state index contributed by atoms with van der Waals surface area (Å²) in [5.41, 5.74) is 14.5. The minimum absolute atomic E-state index is 0. The predicted molar refractivity (Wildman–Crippen MR) is 218 cm³/mol. The highest BCUT2D eigenvalue weighted by Crippen LogP contribution is 2.39. The smallest absolute Gasteiger partial charge is 0.0541 e. The van der Waals surface area contributed by atoms with Crippen LogP contribution in [0.1, 0.15) is 7.43 Å². The summed E-state index contributed by atoms with van der Waals surface area (Å²) in [6.07, 6.45) is 0. The van der Waals surface area contributed by atoms with E-state index in [0.29, 0.717) is 0 Å². The lowest BCUT2D eigenvalue weighted by Crippen LogP contribution is -1.94. The molecular weight excluding hydrogens is 617 g/mol. The number of rotatable bonds is 5. The van der Waals surface area contributed by atoms with Gasteiger partial charge >= 0.3 is 0 Å². The lowest BCUT2D eigenvalue weighted by Gasteiger charge is -2.11. The number of fused-ring (bicyclic) bond motifs is 6. The molecule has 2 heteroatoms. The van der Waals surface area contributed by atoms with Gasteiger partial charge in [-0.2, -0.15) is 0 Å². The van der Waals surface area contributed by atoms with Crippen LogP contribution in [0.2, 0.25) is 0 Å². The molecule has 0 atom stereocenters. The summed E-state index contributed by atoms with van der Waals surface area (Å²) >= 11 is 0. The number of benzene rings is 8. The van der Waals surface area contributed by atoms with Crippen LogP contribution in [0.5, 0.6) is 0 Å². The Balaban J connectivity index is 0.00000348. The maximum atomic E-state index is 2.40. The van der Waals surface area contributed by atoms with Gasteiger partial charge in [0.2, 0.25) is 0 Å². The monoisotopic (exact) mass is 652 g/mol. The second-order valence-electron chi connectivity index (χ2n) is 13.0. The van der Waals surface area contributed by atoms with Crippen molar-refractivity contribution < 1.29 is 0 Å². The van der Waals surface area contributed by atoms with Crippen molar-refractivity contribution in [2.24, 2.45) is 0 Å². The molecule has 0 aliphatic rings. The molecule has 0 aliphatic carbocycles. The quantitative estimate of drug-likeness (QED) is 0.175. The molecule has 0 spiro atoms. The Hall–Kier alpha value is -6.64. The zero-order valence-corrected chi connectivity index (χ0v) is 27.4. The second-order valence-corrected chi connectivity index (χ2v) is 13.0. The van der Waals surface area contributed by atoms with E-state index in [4.69, 9.17) is 0 Å². The van der Waals surface area contributed by atoms with E-state index in [1.165, 1.54) is 77.0 Å². The normalized spacial score (nSPS) is 11.4. The fourth-order valence-corrected chi connectivity index (χ4v) is 7.75. The Kier molecular flexibility index (Phi) is 7.37. The second kappa shape index (κ2) is 12.4. The van der Waals surface area contributed by atoms with Crippen LogP contribution < -0.4 is 0 Å². The van der Waals surface area contributed by atoms with Gasteiger partial charge in [0.05, 0.1) is 22.1 Å². The lowest BCUT2D eigenvalue weighted by molar-refractivity contribution is 1.18. The molecule has 0 radical (unpaired) electrons. The molecular formula is C49H36N2. The zero-order chi connectivity index (χ0) is 33.0. The van der Waals surface area contributed by atoms with Gasteiger partial charge in [-0.25, -0.2) is 0 Å². The molecule has 51 heavy (non-hydrogen) atoms. The molecule has 0 aliphatic heterocycles. The summed E-state index contributed by atoms with van der Waals surface area (Å²) in [5, 5.41) is 5.02. The predicted octanol–water partition coefficient (Wildman–Crippen LogP) is 13.5. The fraction of sp³-hybridized carbons (Fsp3) is 0.0204. The first-order valence-electron chi connectivity index (χ1n) is 17.2. The van der Waals surface area contributed by atoms with Gasteiger partial charge in [0.25, 0.3) is 0 Å². The van der Waals surface area contributed by atoms with Crippen LogP contribution in [0.25, 0.3) is 88.4 Å². The maximum absolute atomic E-state index is 2.40. The van der Waals surface area contributed by atoms with Gasteiger partial charge in [0, 0.05) is 32.9 Å². The van der Waals surface area contributed by atoms with E-state index in [0.717, 1.165) is 11.4 Å². The van der Waals surface area contributed by atoms with Crippen molar-refractivity contribution in [1.29, 1.82) is 0 Å². The molecule has 0 unspecified atom stereocenters. The van der Waals surface area contributed by atoms with Crippen molar-refractivity contribution in [2.75, 3.05) is 0 Å². The van der Waals surface area contributed by atoms with E-state index in [9.17, 15) is 0 Å². The Morgan fingerprint density at radius 3 is 1.20 bits per heavy atom. The van der Waals surface area contributed by atoms with Crippen molar-refractivity contribution >= 4 is 43.6 Å². The van der Waals surface area contributed by atoms with E-state index >= 15 is 0 Å². The summed E-state index contributed by atoms with van der Waals surface area (Å²) in [4.78, 5) is 0. The molecule has 0 saturated heterocycles. The van der Waals surface area contributed by atoms with E-state index < -0.39 is 0 Å². The summed E-state index contributed by atoms with van der Waals surface area (Å²) in [7, 11) is 0. The Morgan fingerprint density at radius 2 is 0.627 bits per heavy atom. The third-order valence-corrected chi connectivity index (χ3v) is 10.1. The van der Waals surface area contributed by atoms with Gasteiger partial charge in [-0.05, 0) is 94.0 Å². The number of aromatic nitrogens is 2. The van der Waals surface area contributed by atoms with E-state index in [2.05, 4.69) is 203 Å². The minimum atomic E-state index is 0. The molecule has 8 aromatic carbocycles. The fourth-order valence-electron chi connectivity index (χ4n) is 7.75. The van der Waals surface area contributed by atoms with Gasteiger partial charge in [-0.15, -0.1) is 0 Å². The number of nitrogens with zero attached hydrogens (tertiary/aromatic N) is 2. The zero-order valence-electron chi connectivity index (χ0n) is 27.4. The molecule has 0 N–H and O–H groups in total. The molecule has 0 saturated carbocycles. The molecule has 0 amide bonds. The standard InChI is InChI=1S/C48H32N2.CH4/c1-3-12-33(13-4-1)35-22-26-39(27-23-35)49-45-20-9-7-18-41(45)43-31-37(24-28-47(43)49)38-25-29-48-44(32-38)42-19-8-10-21-46(42)50(48)40-17-11-16-36(30-40)34-14-5-2-6-15-34;/h1-32H;1H4. The third-order valence-electron chi connectivity index (χ3n) is 10.1. The summed E-state index contributed by atoms with van der Waals surface area (Å²) in [5.74, 6) is 0. The van der Waals surface area contributed by atoms with Gasteiger partial charge in [-0.3, -0.25) is 0 Å².